The molecular weight excluding hydrogens is 450 g/mol. The van der Waals surface area contributed by atoms with Crippen LogP contribution in [0.15, 0.2) is 36.8 Å². The molecule has 2 aromatic heterocycles. The van der Waals surface area contributed by atoms with Crippen LogP contribution in [0.2, 0.25) is 10.0 Å². The second kappa shape index (κ2) is 8.25. The van der Waals surface area contributed by atoms with E-state index in [1.54, 1.807) is 36.3 Å². The van der Waals surface area contributed by atoms with Gasteiger partial charge in [0.05, 0.1) is 30.3 Å². The molecule has 1 aromatic carbocycles. The summed E-state index contributed by atoms with van der Waals surface area (Å²) in [4.78, 5) is 4.17. The molecule has 0 spiro atoms. The van der Waals surface area contributed by atoms with Crippen LogP contribution in [0.4, 0.5) is 10.2 Å². The lowest BCUT2D eigenvalue weighted by Gasteiger charge is -2.19. The Bertz CT molecular complexity index is 1120. The number of aliphatic hydroxyl groups is 2. The van der Waals surface area contributed by atoms with Crippen molar-refractivity contribution in [3.05, 3.63) is 58.2 Å². The first kappa shape index (κ1) is 21.8. The Kier molecular flexibility index (Phi) is 5.80. The number of benzene rings is 1. The first-order valence-electron chi connectivity index (χ1n) is 9.33. The van der Waals surface area contributed by atoms with Crippen molar-refractivity contribution in [3.8, 4) is 16.9 Å². The summed E-state index contributed by atoms with van der Waals surface area (Å²) in [6, 6.07) is 3.94. The smallest absolute Gasteiger partial charge is 0.280 e. The van der Waals surface area contributed by atoms with Crippen LogP contribution in [0, 0.1) is 5.82 Å². The summed E-state index contributed by atoms with van der Waals surface area (Å²) in [6.45, 7) is 1.79. The predicted octanol–water partition coefficient (Wildman–Crippen LogP) is 3.71. The minimum Gasteiger partial charge on any atom is -0.482 e. The van der Waals surface area contributed by atoms with Crippen molar-refractivity contribution in [3.63, 3.8) is 0 Å². The maximum Gasteiger partial charge on any atom is 0.280 e. The highest BCUT2D eigenvalue weighted by molar-refractivity contribution is 6.36. The van der Waals surface area contributed by atoms with Gasteiger partial charge in [0.1, 0.15) is 11.9 Å². The molecule has 11 heteroatoms. The highest BCUT2D eigenvalue weighted by Crippen LogP contribution is 2.37. The summed E-state index contributed by atoms with van der Waals surface area (Å²) in [5.74, 6) is -2.35. The molecule has 1 fully saturated rings. The maximum absolute atomic E-state index is 13.9. The predicted molar refractivity (Wildman–Crippen MR) is 112 cm³/mol. The molecule has 1 aliphatic heterocycles. The summed E-state index contributed by atoms with van der Waals surface area (Å²) in [5, 5.41) is 23.5. The fourth-order valence-corrected chi connectivity index (χ4v) is 4.06. The van der Waals surface area contributed by atoms with Gasteiger partial charge < -0.3 is 25.4 Å². The Morgan fingerprint density at radius 2 is 2.10 bits per heavy atom. The van der Waals surface area contributed by atoms with Crippen molar-refractivity contribution in [1.82, 2.24) is 14.8 Å². The third-order valence-electron chi connectivity index (χ3n) is 4.99. The van der Waals surface area contributed by atoms with Crippen molar-refractivity contribution in [2.24, 2.45) is 0 Å². The highest BCUT2D eigenvalue weighted by atomic mass is 35.5. The normalized spacial score (nSPS) is 18.8. The molecule has 2 atom stereocenters. The van der Waals surface area contributed by atoms with E-state index in [1.165, 1.54) is 12.1 Å². The molecule has 1 saturated heterocycles. The number of ether oxygens (including phenoxy) is 2. The zero-order chi connectivity index (χ0) is 22.3. The SMILES string of the molecule is CC(Oc1cc(-c2cnn(C3COC(O)(O)C3)c2)cnc1N)c1c(Cl)ccc(F)c1Cl. The van der Waals surface area contributed by atoms with Crippen LogP contribution in [0.3, 0.4) is 0 Å². The lowest BCUT2D eigenvalue weighted by atomic mass is 10.1. The van der Waals surface area contributed by atoms with Gasteiger partial charge in [0, 0.05) is 34.1 Å². The van der Waals surface area contributed by atoms with E-state index in [9.17, 15) is 14.6 Å². The number of aromatic nitrogens is 3. The van der Waals surface area contributed by atoms with Crippen LogP contribution < -0.4 is 10.5 Å². The number of pyridine rings is 1. The molecule has 164 valence electrons. The molecular formula is C20H19Cl2FN4O4. The number of hydrogen-bond donors (Lipinski definition) is 3. The standard InChI is InChI=1S/C20H19Cl2FN4O4/c1-10(17-14(21)2-3-15(23)18(17)22)31-16-4-11(6-25-19(16)24)12-7-26-27(8-12)13-5-20(28,29)30-9-13/h2-4,6-8,10,13,28-29H,5,9H2,1H3,(H2,24,25). The third kappa shape index (κ3) is 4.46. The van der Waals surface area contributed by atoms with E-state index >= 15 is 0 Å². The molecule has 3 heterocycles. The van der Waals surface area contributed by atoms with Crippen molar-refractivity contribution in [2.75, 3.05) is 12.3 Å². The minimum atomic E-state index is -2.16. The summed E-state index contributed by atoms with van der Waals surface area (Å²) in [6.07, 6.45) is 4.20. The lowest BCUT2D eigenvalue weighted by molar-refractivity contribution is -0.313. The summed E-state index contributed by atoms with van der Waals surface area (Å²) in [5.41, 5.74) is 7.64. The van der Waals surface area contributed by atoms with E-state index < -0.39 is 17.9 Å². The first-order chi connectivity index (χ1) is 14.6. The largest absolute Gasteiger partial charge is 0.482 e. The monoisotopic (exact) mass is 468 g/mol. The van der Waals surface area contributed by atoms with E-state index in [0.29, 0.717) is 16.7 Å². The van der Waals surface area contributed by atoms with Gasteiger partial charge in [-0.05, 0) is 25.1 Å². The molecule has 31 heavy (non-hydrogen) atoms. The number of nitrogen functional groups attached to an aromatic ring is 1. The molecule has 4 rings (SSSR count). The summed E-state index contributed by atoms with van der Waals surface area (Å²) in [7, 11) is 0. The van der Waals surface area contributed by atoms with Gasteiger partial charge in [0.2, 0.25) is 0 Å². The van der Waals surface area contributed by atoms with E-state index in [1.807, 2.05) is 0 Å². The van der Waals surface area contributed by atoms with Crippen LogP contribution in [-0.2, 0) is 4.74 Å². The van der Waals surface area contributed by atoms with Crippen LogP contribution in [0.25, 0.3) is 11.1 Å². The molecule has 2 unspecified atom stereocenters. The van der Waals surface area contributed by atoms with E-state index in [0.717, 1.165) is 0 Å². The Labute approximate surface area is 186 Å². The number of nitrogens with zero attached hydrogens (tertiary/aromatic N) is 3. The fourth-order valence-electron chi connectivity index (χ4n) is 3.38. The Morgan fingerprint density at radius 3 is 2.81 bits per heavy atom. The fraction of sp³-hybridized carbons (Fsp3) is 0.300. The molecule has 0 saturated carbocycles. The van der Waals surface area contributed by atoms with Gasteiger partial charge in [-0.15, -0.1) is 0 Å². The minimum absolute atomic E-state index is 0.00482. The topological polar surface area (TPSA) is 116 Å². The van der Waals surface area contributed by atoms with Gasteiger partial charge in [0.15, 0.2) is 11.6 Å². The van der Waals surface area contributed by atoms with E-state index in [2.05, 4.69) is 10.1 Å². The van der Waals surface area contributed by atoms with Gasteiger partial charge >= 0.3 is 0 Å². The molecule has 0 bridgehead atoms. The molecule has 1 aliphatic rings. The average Bonchev–Trinajstić information content (AvgIpc) is 3.33. The average molecular weight is 469 g/mol. The number of halogens is 3. The van der Waals surface area contributed by atoms with E-state index in [-0.39, 0.29) is 40.7 Å². The Balaban J connectivity index is 1.58. The molecule has 0 aliphatic carbocycles. The Hall–Kier alpha value is -2.43. The van der Waals surface area contributed by atoms with Crippen molar-refractivity contribution in [1.29, 1.82) is 0 Å². The number of nitrogens with two attached hydrogens (primary N) is 1. The van der Waals surface area contributed by atoms with Gasteiger partial charge in [0.25, 0.3) is 5.97 Å². The second-order valence-electron chi connectivity index (χ2n) is 7.25. The van der Waals surface area contributed by atoms with Crippen LogP contribution in [0.5, 0.6) is 5.75 Å². The number of hydrogen-bond acceptors (Lipinski definition) is 7. The maximum atomic E-state index is 13.9. The molecule has 0 amide bonds. The van der Waals surface area contributed by atoms with Crippen molar-refractivity contribution >= 4 is 29.0 Å². The quantitative estimate of drug-likeness (QED) is 0.385. The van der Waals surface area contributed by atoms with Gasteiger partial charge in [-0.3, -0.25) is 4.68 Å². The zero-order valence-electron chi connectivity index (χ0n) is 16.3. The lowest BCUT2D eigenvalue weighted by Crippen LogP contribution is -2.26. The zero-order valence-corrected chi connectivity index (χ0v) is 17.8. The van der Waals surface area contributed by atoms with E-state index in [4.69, 9.17) is 38.4 Å². The molecule has 0 radical (unpaired) electrons. The van der Waals surface area contributed by atoms with Crippen LogP contribution in [0.1, 0.15) is 31.1 Å². The van der Waals surface area contributed by atoms with Gasteiger partial charge in [-0.25, -0.2) is 9.37 Å². The van der Waals surface area contributed by atoms with Gasteiger partial charge in [-0.1, -0.05) is 23.2 Å². The van der Waals surface area contributed by atoms with Crippen LogP contribution >= 0.6 is 23.2 Å². The van der Waals surface area contributed by atoms with Gasteiger partial charge in [-0.2, -0.15) is 5.10 Å². The molecule has 4 N–H and O–H groups in total. The second-order valence-corrected chi connectivity index (χ2v) is 8.03. The number of anilines is 1. The summed E-state index contributed by atoms with van der Waals surface area (Å²) >= 11 is 12.2. The van der Waals surface area contributed by atoms with Crippen molar-refractivity contribution in [2.45, 2.75) is 31.5 Å². The third-order valence-corrected chi connectivity index (χ3v) is 5.70. The Morgan fingerprint density at radius 1 is 1.32 bits per heavy atom. The van der Waals surface area contributed by atoms with Crippen molar-refractivity contribution < 1.29 is 24.1 Å². The highest BCUT2D eigenvalue weighted by Gasteiger charge is 2.38. The van der Waals surface area contributed by atoms with Crippen LogP contribution in [-0.4, -0.2) is 37.6 Å². The molecule has 8 nitrogen and oxygen atoms in total. The first-order valence-corrected chi connectivity index (χ1v) is 10.1. The summed E-state index contributed by atoms with van der Waals surface area (Å²) < 4.78 is 26.3. The number of rotatable bonds is 5. The molecule has 3 aromatic rings.